The minimum absolute atomic E-state index is 0. The zero-order valence-electron chi connectivity index (χ0n) is 21.7. The van der Waals surface area contributed by atoms with Crippen LogP contribution < -0.4 is 14.8 Å². The van der Waals surface area contributed by atoms with Crippen molar-refractivity contribution in [2.75, 3.05) is 31.1 Å². The standard InChI is InChI=1S/C27H30N2O7S2.Na.H/c1-5-28(6-2)18-9-12-21-24(15-18)36-25-16-19(29(7-3)8-4)10-13-22(25)27(21)23-14-11-20(37(30,31)32)17-26(23)38(33,34)35;;/h9-17H,5-8H2,1-4H3,(H-,30,31,32,33,34,35);;/p+1. The first-order valence-electron chi connectivity index (χ1n) is 12.4. The molecule has 2 aromatic rings. The van der Waals surface area contributed by atoms with Crippen LogP contribution in [0.15, 0.2) is 68.8 Å². The summed E-state index contributed by atoms with van der Waals surface area (Å²) in [4.78, 5) is 0.869. The van der Waals surface area contributed by atoms with Gasteiger partial charge in [0.2, 0.25) is 5.36 Å². The molecule has 9 nitrogen and oxygen atoms in total. The monoisotopic (exact) mass is 583 g/mol. The van der Waals surface area contributed by atoms with Crippen LogP contribution in [0.5, 0.6) is 0 Å². The van der Waals surface area contributed by atoms with Gasteiger partial charge in [0.15, 0.2) is 0 Å². The van der Waals surface area contributed by atoms with Crippen molar-refractivity contribution >= 4 is 66.5 Å². The first kappa shape index (κ1) is 31.3. The van der Waals surface area contributed by atoms with E-state index in [-0.39, 0.29) is 35.1 Å². The molecular weight excluding hydrogens is 551 g/mol. The molecule has 1 aliphatic carbocycles. The van der Waals surface area contributed by atoms with Gasteiger partial charge in [0.05, 0.1) is 11.0 Å². The molecule has 0 saturated heterocycles. The van der Waals surface area contributed by atoms with E-state index in [1.807, 2.05) is 64.1 Å². The van der Waals surface area contributed by atoms with Gasteiger partial charge in [-0.3, -0.25) is 9.11 Å². The fourth-order valence-corrected chi connectivity index (χ4v) is 6.12. The third kappa shape index (κ3) is 6.25. The fraction of sp³-hybridized carbons (Fsp3) is 0.296. The van der Waals surface area contributed by atoms with E-state index in [0.29, 0.717) is 27.9 Å². The molecule has 1 aliphatic heterocycles. The zero-order chi connectivity index (χ0) is 27.8. The summed E-state index contributed by atoms with van der Waals surface area (Å²) in [7, 11) is -9.60. The molecule has 0 spiro atoms. The van der Waals surface area contributed by atoms with Crippen LogP contribution in [-0.2, 0) is 20.2 Å². The van der Waals surface area contributed by atoms with Crippen molar-refractivity contribution in [3.63, 3.8) is 0 Å². The fourth-order valence-electron chi connectivity index (χ4n) is 4.81. The molecule has 39 heavy (non-hydrogen) atoms. The Bertz CT molecular complexity index is 1770. The molecule has 0 unspecified atom stereocenters. The third-order valence-corrected chi connectivity index (χ3v) is 8.49. The van der Waals surface area contributed by atoms with Gasteiger partial charge in [0, 0.05) is 53.0 Å². The van der Waals surface area contributed by atoms with E-state index >= 15 is 0 Å². The number of rotatable bonds is 8. The van der Waals surface area contributed by atoms with Gasteiger partial charge in [-0.1, -0.05) is 6.07 Å². The average molecular weight is 584 g/mol. The Morgan fingerprint density at radius 3 is 2.00 bits per heavy atom. The van der Waals surface area contributed by atoms with Gasteiger partial charge >= 0.3 is 29.6 Å². The van der Waals surface area contributed by atoms with Crippen molar-refractivity contribution in [1.29, 1.82) is 0 Å². The van der Waals surface area contributed by atoms with Gasteiger partial charge in [-0.05, 0) is 58.0 Å². The summed E-state index contributed by atoms with van der Waals surface area (Å²) in [6.07, 6.45) is 0. The Kier molecular flexibility index (Phi) is 9.70. The Morgan fingerprint density at radius 2 is 1.44 bits per heavy atom. The summed E-state index contributed by atoms with van der Waals surface area (Å²) in [5.74, 6) is 0.494. The molecule has 2 N–H and O–H groups in total. The normalized spacial score (nSPS) is 11.9. The first-order valence-corrected chi connectivity index (χ1v) is 15.2. The third-order valence-electron chi connectivity index (χ3n) is 6.74. The molecule has 0 amide bonds. The van der Waals surface area contributed by atoms with Gasteiger partial charge in [-0.15, -0.1) is 0 Å². The van der Waals surface area contributed by atoms with E-state index in [1.54, 1.807) is 0 Å². The second-order valence-corrected chi connectivity index (χ2v) is 11.6. The van der Waals surface area contributed by atoms with Crippen LogP contribution in [0.25, 0.3) is 33.4 Å². The summed E-state index contributed by atoms with van der Waals surface area (Å²) in [5, 5.41) is 1.50. The van der Waals surface area contributed by atoms with Crippen LogP contribution in [0.4, 0.5) is 5.69 Å². The topological polar surface area (TPSA) is 128 Å². The second-order valence-electron chi connectivity index (χ2n) is 8.79. The number of fused-ring (bicyclic) bond motifs is 2. The number of nitrogens with zero attached hydrogens (tertiary/aromatic N) is 2. The Morgan fingerprint density at radius 1 is 0.795 bits per heavy atom. The van der Waals surface area contributed by atoms with Crippen LogP contribution in [0.2, 0.25) is 0 Å². The van der Waals surface area contributed by atoms with Gasteiger partial charge in [0.1, 0.15) is 29.3 Å². The molecule has 1 heterocycles. The van der Waals surface area contributed by atoms with Crippen molar-refractivity contribution in [1.82, 2.24) is 4.58 Å². The van der Waals surface area contributed by atoms with E-state index in [1.165, 1.54) is 6.07 Å². The van der Waals surface area contributed by atoms with Crippen molar-refractivity contribution in [3.8, 4) is 22.5 Å². The maximum absolute atomic E-state index is 12.5. The summed E-state index contributed by atoms with van der Waals surface area (Å²) in [6.45, 7) is 11.3. The van der Waals surface area contributed by atoms with Gasteiger partial charge in [0.25, 0.3) is 20.2 Å². The van der Waals surface area contributed by atoms with Crippen LogP contribution in [0.3, 0.4) is 0 Å². The molecule has 2 aromatic carbocycles. The van der Waals surface area contributed by atoms with Crippen LogP contribution >= 0.6 is 0 Å². The van der Waals surface area contributed by atoms with Crippen LogP contribution in [0.1, 0.15) is 27.7 Å². The number of hydrogen-bond donors (Lipinski definition) is 2. The predicted octanol–water partition coefficient (Wildman–Crippen LogP) is 3.71. The van der Waals surface area contributed by atoms with E-state index in [4.69, 9.17) is 4.42 Å². The Balaban J connectivity index is 0.00000420. The molecule has 0 saturated carbocycles. The first-order chi connectivity index (χ1) is 17.9. The summed E-state index contributed by atoms with van der Waals surface area (Å²) in [5.41, 5.74) is 2.53. The van der Waals surface area contributed by atoms with Crippen molar-refractivity contribution in [2.24, 2.45) is 0 Å². The number of hydrogen-bond acceptors (Lipinski definition) is 6. The average Bonchev–Trinajstić information content (AvgIpc) is 2.87. The van der Waals surface area contributed by atoms with E-state index in [2.05, 4.69) is 9.48 Å². The SMILES string of the molecule is CCN(CC)c1ccc2c(-c3ccc(S(=O)(=O)O)cc3S(=O)(=O)O)c3ccc(=[N+](CC)CC)cc-3oc2c1.[NaH]. The van der Waals surface area contributed by atoms with E-state index in [9.17, 15) is 25.9 Å². The molecule has 0 atom stereocenters. The van der Waals surface area contributed by atoms with Crippen molar-refractivity contribution < 1.29 is 30.4 Å². The Hall–Kier alpha value is -2.25. The molecule has 0 bridgehead atoms. The molecule has 4 rings (SSSR count). The van der Waals surface area contributed by atoms with Gasteiger partial charge < -0.3 is 9.32 Å². The molecule has 0 radical (unpaired) electrons. The van der Waals surface area contributed by atoms with Gasteiger partial charge in [-0.25, -0.2) is 4.58 Å². The molecular formula is C27H32N2NaO7S2+. The molecule has 0 fully saturated rings. The molecule has 12 heteroatoms. The molecule has 204 valence electrons. The van der Waals surface area contributed by atoms with Crippen molar-refractivity contribution in [2.45, 2.75) is 37.5 Å². The summed E-state index contributed by atoms with van der Waals surface area (Å²) in [6, 6.07) is 14.4. The maximum atomic E-state index is 12.5. The number of anilines is 1. The second kappa shape index (κ2) is 12.1. The summed E-state index contributed by atoms with van der Waals surface area (Å²) < 4.78 is 76.6. The zero-order valence-corrected chi connectivity index (χ0v) is 23.3. The van der Waals surface area contributed by atoms with Crippen LogP contribution in [-0.4, -0.2) is 81.7 Å². The quantitative estimate of drug-likeness (QED) is 0.139. The predicted molar refractivity (Wildman–Crippen MR) is 155 cm³/mol. The van der Waals surface area contributed by atoms with Crippen molar-refractivity contribution in [3.05, 3.63) is 60.0 Å². The number of benzene rings is 3. The van der Waals surface area contributed by atoms with Gasteiger partial charge in [-0.2, -0.15) is 16.8 Å². The Labute approximate surface area is 250 Å². The van der Waals surface area contributed by atoms with Crippen LogP contribution in [0, 0.1) is 0 Å². The molecule has 0 aromatic heterocycles. The minimum atomic E-state index is -4.88. The summed E-state index contributed by atoms with van der Waals surface area (Å²) >= 11 is 0. The van der Waals surface area contributed by atoms with E-state index < -0.39 is 30.0 Å². The van der Waals surface area contributed by atoms with E-state index in [0.717, 1.165) is 49.4 Å². The molecule has 2 aliphatic rings.